The third-order valence-corrected chi connectivity index (χ3v) is 6.84. The van der Waals surface area contributed by atoms with Crippen molar-refractivity contribution in [1.82, 2.24) is 4.31 Å². The van der Waals surface area contributed by atoms with E-state index < -0.39 is 21.8 Å². The highest BCUT2D eigenvalue weighted by atomic mass is 35.5. The molecular formula is C18H17Cl2FN2O3S. The van der Waals surface area contributed by atoms with E-state index in [4.69, 9.17) is 23.2 Å². The first-order valence-electron chi connectivity index (χ1n) is 8.29. The Balaban J connectivity index is 1.74. The topological polar surface area (TPSA) is 66.5 Å². The van der Waals surface area contributed by atoms with Crippen LogP contribution in [-0.2, 0) is 14.8 Å². The minimum Gasteiger partial charge on any atom is -0.324 e. The largest absolute Gasteiger partial charge is 0.324 e. The number of piperidine rings is 1. The fourth-order valence-electron chi connectivity index (χ4n) is 2.96. The van der Waals surface area contributed by atoms with Crippen molar-refractivity contribution < 1.29 is 17.6 Å². The normalized spacial score (nSPS) is 18.3. The quantitative estimate of drug-likeness (QED) is 0.790. The van der Waals surface area contributed by atoms with Gasteiger partial charge in [-0.25, -0.2) is 12.8 Å². The van der Waals surface area contributed by atoms with Crippen LogP contribution in [0.5, 0.6) is 0 Å². The number of nitrogens with zero attached hydrogens (tertiary/aromatic N) is 1. The molecule has 1 N–H and O–H groups in total. The smallest absolute Gasteiger partial charge is 0.243 e. The zero-order chi connectivity index (χ0) is 19.6. The number of halogens is 3. The van der Waals surface area contributed by atoms with Gasteiger partial charge in [-0.2, -0.15) is 4.31 Å². The molecule has 9 heteroatoms. The van der Waals surface area contributed by atoms with Crippen molar-refractivity contribution in [1.29, 1.82) is 0 Å². The van der Waals surface area contributed by atoms with Gasteiger partial charge >= 0.3 is 0 Å². The van der Waals surface area contributed by atoms with Crippen molar-refractivity contribution in [2.24, 2.45) is 5.92 Å². The summed E-state index contributed by atoms with van der Waals surface area (Å²) in [5, 5.41) is 3.49. The van der Waals surface area contributed by atoms with Gasteiger partial charge in [0.1, 0.15) is 5.82 Å². The average Bonchev–Trinajstić information content (AvgIpc) is 2.65. The number of rotatable bonds is 4. The molecule has 1 saturated heterocycles. The van der Waals surface area contributed by atoms with Crippen LogP contribution < -0.4 is 5.32 Å². The first-order chi connectivity index (χ1) is 12.8. The predicted octanol–water partition coefficient (Wildman–Crippen LogP) is 4.17. The zero-order valence-electron chi connectivity index (χ0n) is 14.2. The van der Waals surface area contributed by atoms with Crippen molar-refractivity contribution in [2.45, 2.75) is 17.7 Å². The lowest BCUT2D eigenvalue weighted by Crippen LogP contribution is -2.43. The van der Waals surface area contributed by atoms with Gasteiger partial charge in [0.05, 0.1) is 21.5 Å². The molecule has 0 unspecified atom stereocenters. The molecule has 1 heterocycles. The third kappa shape index (κ3) is 4.60. The molecule has 0 spiro atoms. The lowest BCUT2D eigenvalue weighted by Gasteiger charge is -2.31. The molecule has 3 rings (SSSR count). The average molecular weight is 431 g/mol. The molecule has 2 aromatic carbocycles. The molecule has 1 amide bonds. The molecule has 27 heavy (non-hydrogen) atoms. The number of carbonyl (C=O) groups excluding carboxylic acids is 1. The van der Waals surface area contributed by atoms with Gasteiger partial charge in [-0.1, -0.05) is 23.2 Å². The number of hydrogen-bond acceptors (Lipinski definition) is 3. The van der Waals surface area contributed by atoms with E-state index >= 15 is 0 Å². The van der Waals surface area contributed by atoms with Crippen LogP contribution in [0.1, 0.15) is 12.8 Å². The fourth-order valence-corrected chi connectivity index (χ4v) is 4.82. The van der Waals surface area contributed by atoms with E-state index in [1.165, 1.54) is 22.5 Å². The van der Waals surface area contributed by atoms with Gasteiger partial charge in [-0.05, 0) is 55.3 Å². The molecule has 0 aromatic heterocycles. The summed E-state index contributed by atoms with van der Waals surface area (Å²) >= 11 is 12.0. The third-order valence-electron chi connectivity index (χ3n) is 4.39. The molecule has 0 bridgehead atoms. The van der Waals surface area contributed by atoms with Crippen LogP contribution in [-0.4, -0.2) is 31.7 Å². The van der Waals surface area contributed by atoms with Crippen LogP contribution in [0.4, 0.5) is 10.1 Å². The van der Waals surface area contributed by atoms with E-state index in [2.05, 4.69) is 5.32 Å². The van der Waals surface area contributed by atoms with Crippen LogP contribution >= 0.6 is 23.2 Å². The van der Waals surface area contributed by atoms with Gasteiger partial charge in [0.15, 0.2) is 0 Å². The number of benzene rings is 2. The van der Waals surface area contributed by atoms with E-state index in [1.54, 1.807) is 12.1 Å². The summed E-state index contributed by atoms with van der Waals surface area (Å²) in [6, 6.07) is 9.37. The Morgan fingerprint density at radius 1 is 1.15 bits per heavy atom. The van der Waals surface area contributed by atoms with Crippen molar-refractivity contribution in [3.05, 3.63) is 58.3 Å². The van der Waals surface area contributed by atoms with Gasteiger partial charge in [0.2, 0.25) is 15.9 Å². The lowest BCUT2D eigenvalue weighted by atomic mass is 9.99. The van der Waals surface area contributed by atoms with Crippen LogP contribution in [0, 0.1) is 11.7 Å². The molecule has 5 nitrogen and oxygen atoms in total. The van der Waals surface area contributed by atoms with Gasteiger partial charge in [0.25, 0.3) is 0 Å². The van der Waals surface area contributed by atoms with Crippen molar-refractivity contribution in [2.75, 3.05) is 18.4 Å². The minimum absolute atomic E-state index is 0.00263. The summed E-state index contributed by atoms with van der Waals surface area (Å²) in [5.41, 5.74) is 0.382. The Morgan fingerprint density at radius 2 is 1.85 bits per heavy atom. The first-order valence-corrected chi connectivity index (χ1v) is 10.5. The Hall–Kier alpha value is -1.67. The SMILES string of the molecule is O=C(Nc1cc(Cl)ccc1Cl)[C@@H]1CCCN(S(=O)(=O)c2ccc(F)cc2)C1. The number of anilines is 1. The number of hydrogen-bond donors (Lipinski definition) is 1. The van der Waals surface area contributed by atoms with E-state index in [0.29, 0.717) is 35.1 Å². The number of nitrogens with one attached hydrogen (secondary N) is 1. The molecule has 1 atom stereocenters. The summed E-state index contributed by atoms with van der Waals surface area (Å²) in [7, 11) is -3.79. The van der Waals surface area contributed by atoms with Crippen molar-refractivity contribution in [3.63, 3.8) is 0 Å². The molecule has 0 radical (unpaired) electrons. The van der Waals surface area contributed by atoms with Gasteiger partial charge in [0, 0.05) is 18.1 Å². The van der Waals surface area contributed by atoms with Crippen LogP contribution in [0.25, 0.3) is 0 Å². The molecular weight excluding hydrogens is 414 g/mol. The Morgan fingerprint density at radius 3 is 2.56 bits per heavy atom. The molecule has 1 aliphatic heterocycles. The number of carbonyl (C=O) groups is 1. The zero-order valence-corrected chi connectivity index (χ0v) is 16.5. The van der Waals surface area contributed by atoms with Gasteiger partial charge in [-0.15, -0.1) is 0 Å². The highest BCUT2D eigenvalue weighted by molar-refractivity contribution is 7.89. The van der Waals surface area contributed by atoms with E-state index in [0.717, 1.165) is 12.1 Å². The maximum Gasteiger partial charge on any atom is 0.243 e. The standard InChI is InChI=1S/C18H17Cl2FN2O3S/c19-13-3-8-16(20)17(10-13)22-18(24)12-2-1-9-23(11-12)27(25,26)15-6-4-14(21)5-7-15/h3-8,10,12H,1-2,9,11H2,(H,22,24)/t12-/m1/s1. The molecule has 1 aliphatic rings. The number of amides is 1. The van der Waals surface area contributed by atoms with E-state index in [-0.39, 0.29) is 17.3 Å². The minimum atomic E-state index is -3.79. The second-order valence-corrected chi connectivity index (χ2v) is 9.05. The molecule has 2 aromatic rings. The predicted molar refractivity (Wildman–Crippen MR) is 103 cm³/mol. The summed E-state index contributed by atoms with van der Waals surface area (Å²) in [6.07, 6.45) is 1.10. The van der Waals surface area contributed by atoms with Crippen molar-refractivity contribution in [3.8, 4) is 0 Å². The molecule has 144 valence electrons. The summed E-state index contributed by atoms with van der Waals surface area (Å²) in [4.78, 5) is 12.6. The highest BCUT2D eigenvalue weighted by Crippen LogP contribution is 2.28. The van der Waals surface area contributed by atoms with Crippen LogP contribution in [0.2, 0.25) is 10.0 Å². The van der Waals surface area contributed by atoms with E-state index in [9.17, 15) is 17.6 Å². The Kier molecular flexibility index (Phi) is 6.05. The second kappa shape index (κ2) is 8.14. The fraction of sp³-hybridized carbons (Fsp3) is 0.278. The summed E-state index contributed by atoms with van der Waals surface area (Å²) in [6.45, 7) is 0.352. The van der Waals surface area contributed by atoms with Crippen molar-refractivity contribution >= 4 is 44.8 Å². The maximum absolute atomic E-state index is 13.1. The van der Waals surface area contributed by atoms with Crippen LogP contribution in [0.15, 0.2) is 47.4 Å². The second-order valence-electron chi connectivity index (χ2n) is 6.27. The summed E-state index contributed by atoms with van der Waals surface area (Å²) in [5.74, 6) is -1.36. The Labute approximate surface area is 167 Å². The first kappa shape index (κ1) is 20.1. The van der Waals surface area contributed by atoms with E-state index in [1.807, 2.05) is 0 Å². The maximum atomic E-state index is 13.1. The number of sulfonamides is 1. The highest BCUT2D eigenvalue weighted by Gasteiger charge is 2.33. The molecule has 1 fully saturated rings. The molecule has 0 aliphatic carbocycles. The Bertz CT molecular complexity index is 952. The monoisotopic (exact) mass is 430 g/mol. The summed E-state index contributed by atoms with van der Waals surface area (Å²) < 4.78 is 39.8. The molecule has 0 saturated carbocycles. The van der Waals surface area contributed by atoms with Gasteiger partial charge < -0.3 is 5.32 Å². The lowest BCUT2D eigenvalue weighted by molar-refractivity contribution is -0.120. The van der Waals surface area contributed by atoms with Crippen LogP contribution in [0.3, 0.4) is 0 Å². The van der Waals surface area contributed by atoms with Gasteiger partial charge in [-0.3, -0.25) is 4.79 Å².